The summed E-state index contributed by atoms with van der Waals surface area (Å²) < 4.78 is 0. The van der Waals surface area contributed by atoms with Gasteiger partial charge in [0.25, 0.3) is 0 Å². The standard InChI is InChI=1S/C12H19N/c1-5-8(2)9(3)12-6-11(7-13)10(12)4/h6,8-10,12H,5H2,1-4H3/t8-,9-,10?,12-/m0/s1. The van der Waals surface area contributed by atoms with Crippen LogP contribution in [0.1, 0.15) is 34.1 Å². The number of rotatable bonds is 3. The maximum absolute atomic E-state index is 8.73. The van der Waals surface area contributed by atoms with Crippen LogP contribution >= 0.6 is 0 Å². The Bertz CT molecular complexity index is 246. The van der Waals surface area contributed by atoms with E-state index in [-0.39, 0.29) is 0 Å². The Kier molecular flexibility index (Phi) is 3.14. The van der Waals surface area contributed by atoms with Gasteiger partial charge in [0.2, 0.25) is 0 Å². The van der Waals surface area contributed by atoms with Crippen molar-refractivity contribution in [1.29, 1.82) is 5.26 Å². The summed E-state index contributed by atoms with van der Waals surface area (Å²) in [6.45, 7) is 9.01. The fraction of sp³-hybridized carbons (Fsp3) is 0.750. The Morgan fingerprint density at radius 1 is 1.54 bits per heavy atom. The molecule has 1 rings (SSSR count). The zero-order chi connectivity index (χ0) is 10.0. The molecule has 0 saturated heterocycles. The quantitative estimate of drug-likeness (QED) is 0.648. The number of nitrogens with zero attached hydrogens (tertiary/aromatic N) is 1. The summed E-state index contributed by atoms with van der Waals surface area (Å²) in [5, 5.41) is 8.73. The Labute approximate surface area is 81.5 Å². The van der Waals surface area contributed by atoms with E-state index in [0.29, 0.717) is 11.8 Å². The van der Waals surface area contributed by atoms with Crippen molar-refractivity contribution in [1.82, 2.24) is 0 Å². The van der Waals surface area contributed by atoms with Crippen LogP contribution in [-0.2, 0) is 0 Å². The molecule has 13 heavy (non-hydrogen) atoms. The van der Waals surface area contributed by atoms with Gasteiger partial charge in [0, 0.05) is 5.57 Å². The highest BCUT2D eigenvalue weighted by molar-refractivity contribution is 5.34. The summed E-state index contributed by atoms with van der Waals surface area (Å²) in [7, 11) is 0. The molecule has 1 aliphatic carbocycles. The predicted octanol–water partition coefficient (Wildman–Crippen LogP) is 3.38. The molecule has 1 aliphatic rings. The predicted molar refractivity (Wildman–Crippen MR) is 55.0 cm³/mol. The van der Waals surface area contributed by atoms with Crippen molar-refractivity contribution < 1.29 is 0 Å². The number of nitriles is 1. The van der Waals surface area contributed by atoms with Gasteiger partial charge in [0.15, 0.2) is 0 Å². The lowest BCUT2D eigenvalue weighted by Crippen LogP contribution is -2.30. The molecule has 0 aromatic carbocycles. The minimum atomic E-state index is 0.494. The molecule has 72 valence electrons. The van der Waals surface area contributed by atoms with Crippen LogP contribution in [0.3, 0.4) is 0 Å². The van der Waals surface area contributed by atoms with E-state index in [0.717, 1.165) is 17.4 Å². The highest BCUT2D eigenvalue weighted by atomic mass is 14.4. The summed E-state index contributed by atoms with van der Waals surface area (Å²) in [6.07, 6.45) is 3.39. The van der Waals surface area contributed by atoms with Crippen molar-refractivity contribution in [3.63, 3.8) is 0 Å². The van der Waals surface area contributed by atoms with Gasteiger partial charge in [-0.05, 0) is 23.7 Å². The van der Waals surface area contributed by atoms with Crippen LogP contribution < -0.4 is 0 Å². The number of allylic oxidation sites excluding steroid dienone is 2. The van der Waals surface area contributed by atoms with Crippen LogP contribution in [0.4, 0.5) is 0 Å². The third kappa shape index (κ3) is 1.77. The average molecular weight is 177 g/mol. The van der Waals surface area contributed by atoms with Gasteiger partial charge in [-0.25, -0.2) is 0 Å². The van der Waals surface area contributed by atoms with Gasteiger partial charge in [0.05, 0.1) is 6.07 Å². The summed E-state index contributed by atoms with van der Waals surface area (Å²) in [5.74, 6) is 2.62. The molecular weight excluding hydrogens is 158 g/mol. The molecular formula is C12H19N. The van der Waals surface area contributed by atoms with Crippen molar-refractivity contribution in [2.24, 2.45) is 23.7 Å². The summed E-state index contributed by atoms with van der Waals surface area (Å²) in [5.41, 5.74) is 0.986. The van der Waals surface area contributed by atoms with E-state index in [1.54, 1.807) is 0 Å². The lowest BCUT2D eigenvalue weighted by atomic mass is 9.66. The second-order valence-electron chi connectivity index (χ2n) is 4.34. The van der Waals surface area contributed by atoms with Crippen molar-refractivity contribution in [2.75, 3.05) is 0 Å². The Hall–Kier alpha value is -0.770. The normalized spacial score (nSPS) is 31.2. The van der Waals surface area contributed by atoms with E-state index >= 15 is 0 Å². The molecule has 1 nitrogen and oxygen atoms in total. The first-order valence-electron chi connectivity index (χ1n) is 5.23. The molecule has 1 unspecified atom stereocenters. The first kappa shape index (κ1) is 10.3. The lowest BCUT2D eigenvalue weighted by molar-refractivity contribution is 0.231. The second kappa shape index (κ2) is 3.96. The van der Waals surface area contributed by atoms with Crippen LogP contribution in [0.25, 0.3) is 0 Å². The van der Waals surface area contributed by atoms with Gasteiger partial charge in [-0.15, -0.1) is 0 Å². The van der Waals surface area contributed by atoms with E-state index in [9.17, 15) is 0 Å². The molecule has 0 bridgehead atoms. The molecule has 0 heterocycles. The summed E-state index contributed by atoms with van der Waals surface area (Å²) in [6, 6.07) is 2.25. The van der Waals surface area contributed by atoms with Crippen LogP contribution in [0.5, 0.6) is 0 Å². The molecule has 0 aromatic rings. The molecule has 0 saturated carbocycles. The van der Waals surface area contributed by atoms with Gasteiger partial charge < -0.3 is 0 Å². The number of hydrogen-bond donors (Lipinski definition) is 0. The van der Waals surface area contributed by atoms with Gasteiger partial charge >= 0.3 is 0 Å². The molecule has 1 heteroatoms. The SMILES string of the molecule is CC[C@H](C)[C@H](C)[C@@H]1C=C(C#N)C1C. The maximum Gasteiger partial charge on any atom is 0.0946 e. The minimum Gasteiger partial charge on any atom is -0.193 e. The van der Waals surface area contributed by atoms with Crippen LogP contribution in [0.15, 0.2) is 11.6 Å². The van der Waals surface area contributed by atoms with Gasteiger partial charge in [-0.1, -0.05) is 40.2 Å². The molecule has 0 radical (unpaired) electrons. The van der Waals surface area contributed by atoms with E-state index in [1.807, 2.05) is 0 Å². The fourth-order valence-electron chi connectivity index (χ4n) is 2.09. The smallest absolute Gasteiger partial charge is 0.0946 e. The van der Waals surface area contributed by atoms with E-state index in [2.05, 4.69) is 39.8 Å². The molecule has 0 spiro atoms. The van der Waals surface area contributed by atoms with Gasteiger partial charge in [0.1, 0.15) is 0 Å². The Balaban J connectivity index is 2.59. The Morgan fingerprint density at radius 3 is 2.54 bits per heavy atom. The first-order valence-corrected chi connectivity index (χ1v) is 5.23. The monoisotopic (exact) mass is 177 g/mol. The third-order valence-corrected chi connectivity index (χ3v) is 3.72. The second-order valence-corrected chi connectivity index (χ2v) is 4.34. The van der Waals surface area contributed by atoms with Crippen LogP contribution in [0, 0.1) is 35.0 Å². The Morgan fingerprint density at radius 2 is 2.15 bits per heavy atom. The molecule has 0 fully saturated rings. The number of hydrogen-bond acceptors (Lipinski definition) is 1. The van der Waals surface area contributed by atoms with E-state index in [1.165, 1.54) is 6.42 Å². The summed E-state index contributed by atoms with van der Waals surface area (Å²) >= 11 is 0. The van der Waals surface area contributed by atoms with Crippen molar-refractivity contribution in [2.45, 2.75) is 34.1 Å². The molecule has 0 aliphatic heterocycles. The van der Waals surface area contributed by atoms with E-state index in [4.69, 9.17) is 5.26 Å². The third-order valence-electron chi connectivity index (χ3n) is 3.72. The minimum absolute atomic E-state index is 0.494. The molecule has 4 atom stereocenters. The van der Waals surface area contributed by atoms with Gasteiger partial charge in [-0.2, -0.15) is 5.26 Å². The molecule has 0 aromatic heterocycles. The molecule has 0 N–H and O–H groups in total. The largest absolute Gasteiger partial charge is 0.193 e. The van der Waals surface area contributed by atoms with Gasteiger partial charge in [-0.3, -0.25) is 0 Å². The maximum atomic E-state index is 8.73. The summed E-state index contributed by atoms with van der Waals surface area (Å²) in [4.78, 5) is 0. The van der Waals surface area contributed by atoms with Crippen LogP contribution in [-0.4, -0.2) is 0 Å². The zero-order valence-corrected chi connectivity index (χ0v) is 9.04. The van der Waals surface area contributed by atoms with Crippen LogP contribution in [0.2, 0.25) is 0 Å². The topological polar surface area (TPSA) is 23.8 Å². The first-order chi connectivity index (χ1) is 6.11. The zero-order valence-electron chi connectivity index (χ0n) is 9.04. The average Bonchev–Trinajstić information content (AvgIpc) is 2.14. The van der Waals surface area contributed by atoms with Crippen molar-refractivity contribution in [3.05, 3.63) is 11.6 Å². The molecule has 0 amide bonds. The lowest BCUT2D eigenvalue weighted by Gasteiger charge is -2.37. The van der Waals surface area contributed by atoms with Crippen molar-refractivity contribution >= 4 is 0 Å². The fourth-order valence-corrected chi connectivity index (χ4v) is 2.09. The van der Waals surface area contributed by atoms with Crippen molar-refractivity contribution in [3.8, 4) is 6.07 Å². The highest BCUT2D eigenvalue weighted by Gasteiger charge is 2.34. The highest BCUT2D eigenvalue weighted by Crippen LogP contribution is 2.41. The van der Waals surface area contributed by atoms with E-state index < -0.39 is 0 Å².